The Labute approximate surface area is 114 Å². The Hall–Kier alpha value is -0.0400. The van der Waals surface area contributed by atoms with Gasteiger partial charge in [0.15, 0.2) is 0 Å². The lowest BCUT2D eigenvalue weighted by Gasteiger charge is -2.37. The zero-order chi connectivity index (χ0) is 13.1. The van der Waals surface area contributed by atoms with Crippen LogP contribution in [0, 0.1) is 11.8 Å². The SMILES string of the molecule is CCCCCC1CCC1CCC1C(C)N1C(C)C. The van der Waals surface area contributed by atoms with Gasteiger partial charge in [0.2, 0.25) is 0 Å². The van der Waals surface area contributed by atoms with E-state index in [0.717, 1.165) is 30.0 Å². The molecule has 0 radical (unpaired) electrons. The molecule has 1 saturated heterocycles. The van der Waals surface area contributed by atoms with Crippen LogP contribution in [0.15, 0.2) is 0 Å². The van der Waals surface area contributed by atoms with Crippen molar-refractivity contribution in [3.63, 3.8) is 0 Å². The van der Waals surface area contributed by atoms with Crippen molar-refractivity contribution in [3.8, 4) is 0 Å². The van der Waals surface area contributed by atoms with Gasteiger partial charge in [-0.3, -0.25) is 4.90 Å². The van der Waals surface area contributed by atoms with Gasteiger partial charge in [-0.25, -0.2) is 0 Å². The van der Waals surface area contributed by atoms with E-state index in [-0.39, 0.29) is 0 Å². The fraction of sp³-hybridized carbons (Fsp3) is 1.00. The molecule has 2 rings (SSSR count). The summed E-state index contributed by atoms with van der Waals surface area (Å²) in [5, 5.41) is 0. The van der Waals surface area contributed by atoms with E-state index in [0.29, 0.717) is 0 Å². The summed E-state index contributed by atoms with van der Waals surface area (Å²) >= 11 is 0. The Bertz CT molecular complexity index is 248. The number of hydrogen-bond donors (Lipinski definition) is 0. The van der Waals surface area contributed by atoms with Crippen LogP contribution in [0.1, 0.15) is 79.1 Å². The Morgan fingerprint density at radius 3 is 2.17 bits per heavy atom. The first-order chi connectivity index (χ1) is 8.65. The second kappa shape index (κ2) is 6.41. The predicted molar refractivity (Wildman–Crippen MR) is 79.8 cm³/mol. The maximum Gasteiger partial charge on any atom is 0.0255 e. The lowest BCUT2D eigenvalue weighted by Crippen LogP contribution is -2.26. The normalized spacial score (nSPS) is 38.8. The minimum atomic E-state index is 0.756. The molecule has 18 heavy (non-hydrogen) atoms. The van der Waals surface area contributed by atoms with E-state index in [9.17, 15) is 0 Å². The molecule has 1 aliphatic heterocycles. The third-order valence-corrected chi connectivity index (χ3v) is 5.50. The Morgan fingerprint density at radius 1 is 1.00 bits per heavy atom. The summed E-state index contributed by atoms with van der Waals surface area (Å²) in [5.74, 6) is 2.18. The van der Waals surface area contributed by atoms with Gasteiger partial charge in [0.05, 0.1) is 0 Å². The third kappa shape index (κ3) is 3.29. The van der Waals surface area contributed by atoms with Gasteiger partial charge in [0, 0.05) is 18.1 Å². The Kier molecular flexibility index (Phi) is 5.12. The molecule has 1 saturated carbocycles. The molecule has 5 unspecified atom stereocenters. The molecule has 0 spiro atoms. The highest BCUT2D eigenvalue weighted by Gasteiger charge is 2.45. The largest absolute Gasteiger partial charge is 0.292 e. The van der Waals surface area contributed by atoms with Crippen LogP contribution in [0.5, 0.6) is 0 Å². The fourth-order valence-corrected chi connectivity index (χ4v) is 4.12. The van der Waals surface area contributed by atoms with E-state index in [4.69, 9.17) is 0 Å². The van der Waals surface area contributed by atoms with Crippen LogP contribution in [0.3, 0.4) is 0 Å². The van der Waals surface area contributed by atoms with Gasteiger partial charge in [0.1, 0.15) is 0 Å². The summed E-state index contributed by atoms with van der Waals surface area (Å²) in [6.07, 6.45) is 11.9. The minimum absolute atomic E-state index is 0.756. The second-order valence-electron chi connectivity index (χ2n) is 7.02. The highest BCUT2D eigenvalue weighted by molar-refractivity contribution is 5.01. The molecule has 1 aliphatic carbocycles. The highest BCUT2D eigenvalue weighted by Crippen LogP contribution is 2.43. The molecule has 1 heteroatoms. The maximum absolute atomic E-state index is 2.69. The third-order valence-electron chi connectivity index (χ3n) is 5.50. The van der Waals surface area contributed by atoms with Crippen molar-refractivity contribution >= 4 is 0 Å². The van der Waals surface area contributed by atoms with E-state index in [1.54, 1.807) is 0 Å². The van der Waals surface area contributed by atoms with Crippen LogP contribution < -0.4 is 0 Å². The summed E-state index contributed by atoms with van der Waals surface area (Å²) in [5.41, 5.74) is 0. The van der Waals surface area contributed by atoms with Gasteiger partial charge >= 0.3 is 0 Å². The Balaban J connectivity index is 1.60. The van der Waals surface area contributed by atoms with Crippen molar-refractivity contribution in [2.75, 3.05) is 0 Å². The molecule has 106 valence electrons. The molecule has 0 N–H and O–H groups in total. The molecule has 0 bridgehead atoms. The van der Waals surface area contributed by atoms with Crippen molar-refractivity contribution in [3.05, 3.63) is 0 Å². The van der Waals surface area contributed by atoms with E-state index >= 15 is 0 Å². The van der Waals surface area contributed by atoms with Gasteiger partial charge < -0.3 is 0 Å². The standard InChI is InChI=1S/C17H33N/c1-5-6-7-8-15-9-10-16(15)11-12-17-14(4)18(17)13(2)3/h13-17H,5-12H2,1-4H3. The Morgan fingerprint density at radius 2 is 1.67 bits per heavy atom. The fourth-order valence-electron chi connectivity index (χ4n) is 4.12. The zero-order valence-electron chi connectivity index (χ0n) is 13.0. The molecule has 0 amide bonds. The molecule has 0 aromatic heterocycles. The number of hydrogen-bond acceptors (Lipinski definition) is 1. The van der Waals surface area contributed by atoms with Gasteiger partial charge in [-0.15, -0.1) is 0 Å². The van der Waals surface area contributed by atoms with Crippen molar-refractivity contribution < 1.29 is 0 Å². The van der Waals surface area contributed by atoms with Crippen LogP contribution >= 0.6 is 0 Å². The summed E-state index contributed by atoms with van der Waals surface area (Å²) < 4.78 is 0. The zero-order valence-corrected chi connectivity index (χ0v) is 13.0. The molecule has 1 heterocycles. The first-order valence-electron chi connectivity index (χ1n) is 8.42. The van der Waals surface area contributed by atoms with E-state index < -0.39 is 0 Å². The summed E-state index contributed by atoms with van der Waals surface area (Å²) in [6.45, 7) is 9.40. The van der Waals surface area contributed by atoms with Crippen LogP contribution in [-0.4, -0.2) is 23.0 Å². The van der Waals surface area contributed by atoms with Crippen molar-refractivity contribution in [1.29, 1.82) is 0 Å². The first kappa shape index (κ1) is 14.4. The molecule has 5 atom stereocenters. The van der Waals surface area contributed by atoms with Crippen LogP contribution in [-0.2, 0) is 0 Å². The highest BCUT2D eigenvalue weighted by atomic mass is 15.4. The van der Waals surface area contributed by atoms with Crippen LogP contribution in [0.4, 0.5) is 0 Å². The summed E-state index contributed by atoms with van der Waals surface area (Å²) in [7, 11) is 0. The van der Waals surface area contributed by atoms with Crippen LogP contribution in [0.2, 0.25) is 0 Å². The molecular formula is C17H33N. The first-order valence-corrected chi connectivity index (χ1v) is 8.42. The average molecular weight is 251 g/mol. The molecular weight excluding hydrogens is 218 g/mol. The lowest BCUT2D eigenvalue weighted by atomic mass is 9.69. The molecule has 2 fully saturated rings. The van der Waals surface area contributed by atoms with E-state index in [1.165, 1.54) is 51.4 Å². The van der Waals surface area contributed by atoms with Gasteiger partial charge in [-0.1, -0.05) is 32.6 Å². The van der Waals surface area contributed by atoms with Gasteiger partial charge in [-0.2, -0.15) is 0 Å². The number of nitrogens with zero attached hydrogens (tertiary/aromatic N) is 1. The number of rotatable bonds is 8. The van der Waals surface area contributed by atoms with Crippen LogP contribution in [0.25, 0.3) is 0 Å². The summed E-state index contributed by atoms with van der Waals surface area (Å²) in [4.78, 5) is 2.69. The lowest BCUT2D eigenvalue weighted by molar-refractivity contribution is 0.144. The van der Waals surface area contributed by atoms with E-state index in [2.05, 4.69) is 32.6 Å². The van der Waals surface area contributed by atoms with E-state index in [1.807, 2.05) is 0 Å². The molecule has 1 nitrogen and oxygen atoms in total. The quantitative estimate of drug-likeness (QED) is 0.440. The topological polar surface area (TPSA) is 3.01 Å². The second-order valence-corrected chi connectivity index (χ2v) is 7.02. The number of unbranched alkanes of at least 4 members (excludes halogenated alkanes) is 2. The monoisotopic (exact) mass is 251 g/mol. The minimum Gasteiger partial charge on any atom is -0.292 e. The summed E-state index contributed by atoms with van der Waals surface area (Å²) in [6, 6.07) is 2.54. The van der Waals surface area contributed by atoms with Crippen molar-refractivity contribution in [2.45, 2.75) is 97.2 Å². The molecule has 2 aliphatic rings. The average Bonchev–Trinajstić information content (AvgIpc) is 2.94. The van der Waals surface area contributed by atoms with Crippen molar-refractivity contribution in [1.82, 2.24) is 4.90 Å². The van der Waals surface area contributed by atoms with Gasteiger partial charge in [0.25, 0.3) is 0 Å². The van der Waals surface area contributed by atoms with Gasteiger partial charge in [-0.05, 0) is 58.3 Å². The molecule has 0 aromatic rings. The maximum atomic E-state index is 2.69. The molecule has 0 aromatic carbocycles. The predicted octanol–water partition coefficient (Wildman–Crippen LogP) is 4.85. The smallest absolute Gasteiger partial charge is 0.0255 e. The van der Waals surface area contributed by atoms with Crippen molar-refractivity contribution in [2.24, 2.45) is 11.8 Å².